The van der Waals surface area contributed by atoms with Crippen molar-refractivity contribution in [1.82, 2.24) is 4.98 Å². The molecule has 0 aliphatic heterocycles. The lowest BCUT2D eigenvalue weighted by Crippen LogP contribution is -2.16. The maximum atomic E-state index is 12.0. The summed E-state index contributed by atoms with van der Waals surface area (Å²) in [4.78, 5) is 4.26. The summed E-state index contributed by atoms with van der Waals surface area (Å²) in [6.07, 6.45) is -4.69. The molecular weight excluding hydrogens is 257 g/mol. The molecule has 0 aliphatic rings. The molecule has 1 heterocycles. The first-order chi connectivity index (χ1) is 8.85. The van der Waals surface area contributed by atoms with Crippen LogP contribution in [-0.4, -0.2) is 11.3 Å². The van der Waals surface area contributed by atoms with Gasteiger partial charge in [0.1, 0.15) is 5.75 Å². The van der Waals surface area contributed by atoms with Crippen LogP contribution in [0.1, 0.15) is 5.69 Å². The fourth-order valence-electron chi connectivity index (χ4n) is 1.61. The molecule has 2 rings (SSSR count). The van der Waals surface area contributed by atoms with Gasteiger partial charge >= 0.3 is 6.36 Å². The van der Waals surface area contributed by atoms with Gasteiger partial charge in [0.25, 0.3) is 0 Å². The summed E-state index contributed by atoms with van der Waals surface area (Å²) in [5.74, 6) is -0.275. The molecule has 2 aromatic rings. The van der Waals surface area contributed by atoms with Crippen LogP contribution in [0.4, 0.5) is 18.9 Å². The second-order valence-electron chi connectivity index (χ2n) is 3.96. The van der Waals surface area contributed by atoms with E-state index < -0.39 is 6.36 Å². The van der Waals surface area contributed by atoms with E-state index in [1.165, 1.54) is 24.3 Å². The van der Waals surface area contributed by atoms with Crippen molar-refractivity contribution in [3.8, 4) is 17.0 Å². The van der Waals surface area contributed by atoms with Gasteiger partial charge < -0.3 is 10.5 Å². The van der Waals surface area contributed by atoms with E-state index >= 15 is 0 Å². The Kier molecular flexibility index (Phi) is 3.33. The van der Waals surface area contributed by atoms with Crippen LogP contribution in [0.2, 0.25) is 0 Å². The van der Waals surface area contributed by atoms with E-state index in [9.17, 15) is 13.2 Å². The lowest BCUT2D eigenvalue weighted by atomic mass is 10.1. The van der Waals surface area contributed by atoms with Gasteiger partial charge in [0.15, 0.2) is 0 Å². The van der Waals surface area contributed by atoms with Crippen molar-refractivity contribution in [3.63, 3.8) is 0 Å². The summed E-state index contributed by atoms with van der Waals surface area (Å²) in [6, 6.07) is 8.90. The molecular formula is C13H11F3N2O. The molecule has 0 saturated heterocycles. The molecule has 0 radical (unpaired) electrons. The van der Waals surface area contributed by atoms with Crippen LogP contribution in [0.15, 0.2) is 36.4 Å². The quantitative estimate of drug-likeness (QED) is 0.906. The van der Waals surface area contributed by atoms with Gasteiger partial charge in [-0.2, -0.15) is 0 Å². The van der Waals surface area contributed by atoms with E-state index in [0.29, 0.717) is 16.9 Å². The van der Waals surface area contributed by atoms with Gasteiger partial charge in [-0.1, -0.05) is 0 Å². The lowest BCUT2D eigenvalue weighted by Gasteiger charge is -2.10. The van der Waals surface area contributed by atoms with Gasteiger partial charge in [0.05, 0.1) is 11.4 Å². The maximum Gasteiger partial charge on any atom is 0.573 e. The predicted molar refractivity (Wildman–Crippen MR) is 65.5 cm³/mol. The number of rotatable bonds is 2. The van der Waals surface area contributed by atoms with Crippen molar-refractivity contribution >= 4 is 5.69 Å². The third-order valence-corrected chi connectivity index (χ3v) is 2.43. The van der Waals surface area contributed by atoms with E-state index in [2.05, 4.69) is 9.72 Å². The highest BCUT2D eigenvalue weighted by Crippen LogP contribution is 2.28. The summed E-state index contributed by atoms with van der Waals surface area (Å²) in [5, 5.41) is 0. The average Bonchev–Trinajstić information content (AvgIpc) is 2.31. The number of halogens is 3. The molecule has 6 heteroatoms. The van der Waals surface area contributed by atoms with Crippen LogP contribution < -0.4 is 10.5 Å². The molecule has 1 aromatic heterocycles. The van der Waals surface area contributed by atoms with Crippen LogP contribution in [-0.2, 0) is 0 Å². The Morgan fingerprint density at radius 3 is 2.26 bits per heavy atom. The number of aromatic nitrogens is 1. The Hall–Kier alpha value is -2.24. The van der Waals surface area contributed by atoms with Crippen molar-refractivity contribution in [2.75, 3.05) is 5.73 Å². The summed E-state index contributed by atoms with van der Waals surface area (Å²) >= 11 is 0. The number of aryl methyl sites for hydroxylation is 1. The number of anilines is 1. The standard InChI is InChI=1S/C13H11F3N2O/c1-8-2-7-11(17)12(18-8)9-3-5-10(6-4-9)19-13(14,15)16/h2-7H,17H2,1H3. The number of nitrogens with zero attached hydrogens (tertiary/aromatic N) is 1. The zero-order valence-corrected chi connectivity index (χ0v) is 10.0. The first-order valence-corrected chi connectivity index (χ1v) is 5.44. The molecule has 0 spiro atoms. The zero-order valence-electron chi connectivity index (χ0n) is 10.0. The summed E-state index contributed by atoms with van der Waals surface area (Å²) in [5.41, 5.74) is 8.21. The van der Waals surface area contributed by atoms with E-state index in [1.807, 2.05) is 6.92 Å². The maximum absolute atomic E-state index is 12.0. The Morgan fingerprint density at radius 1 is 1.05 bits per heavy atom. The van der Waals surface area contributed by atoms with Crippen molar-refractivity contribution < 1.29 is 17.9 Å². The van der Waals surface area contributed by atoms with Gasteiger partial charge in [0.2, 0.25) is 0 Å². The van der Waals surface area contributed by atoms with Crippen molar-refractivity contribution in [2.45, 2.75) is 13.3 Å². The number of ether oxygens (including phenoxy) is 1. The Labute approximate surface area is 107 Å². The van der Waals surface area contributed by atoms with Crippen molar-refractivity contribution in [1.29, 1.82) is 0 Å². The molecule has 0 atom stereocenters. The van der Waals surface area contributed by atoms with E-state index in [-0.39, 0.29) is 5.75 Å². The molecule has 0 saturated carbocycles. The molecule has 2 N–H and O–H groups in total. The Morgan fingerprint density at radius 2 is 1.68 bits per heavy atom. The van der Waals surface area contributed by atoms with Crippen LogP contribution in [0.25, 0.3) is 11.3 Å². The molecule has 0 aliphatic carbocycles. The van der Waals surface area contributed by atoms with Crippen LogP contribution in [0.3, 0.4) is 0 Å². The van der Waals surface area contributed by atoms with Gasteiger partial charge in [-0.25, -0.2) is 0 Å². The minimum atomic E-state index is -4.69. The zero-order chi connectivity index (χ0) is 14.0. The first kappa shape index (κ1) is 13.2. The number of hydrogen-bond donors (Lipinski definition) is 1. The van der Waals surface area contributed by atoms with E-state index in [4.69, 9.17) is 5.73 Å². The molecule has 0 bridgehead atoms. The summed E-state index contributed by atoms with van der Waals surface area (Å²) in [6.45, 7) is 1.81. The Balaban J connectivity index is 2.30. The molecule has 19 heavy (non-hydrogen) atoms. The van der Waals surface area contributed by atoms with E-state index in [1.54, 1.807) is 12.1 Å². The molecule has 0 amide bonds. The van der Waals surface area contributed by atoms with Gasteiger partial charge in [-0.15, -0.1) is 13.2 Å². The van der Waals surface area contributed by atoms with Crippen LogP contribution in [0.5, 0.6) is 5.75 Å². The number of hydrogen-bond acceptors (Lipinski definition) is 3. The van der Waals surface area contributed by atoms with Gasteiger partial charge in [0, 0.05) is 11.3 Å². The van der Waals surface area contributed by atoms with Crippen LogP contribution in [0, 0.1) is 6.92 Å². The smallest absolute Gasteiger partial charge is 0.406 e. The highest BCUT2D eigenvalue weighted by atomic mass is 19.4. The minimum absolute atomic E-state index is 0.275. The van der Waals surface area contributed by atoms with Crippen LogP contribution >= 0.6 is 0 Å². The number of pyridine rings is 1. The molecule has 100 valence electrons. The monoisotopic (exact) mass is 268 g/mol. The average molecular weight is 268 g/mol. The SMILES string of the molecule is Cc1ccc(N)c(-c2ccc(OC(F)(F)F)cc2)n1. The predicted octanol–water partition coefficient (Wildman–Crippen LogP) is 3.54. The highest BCUT2D eigenvalue weighted by molar-refractivity contribution is 5.72. The molecule has 3 nitrogen and oxygen atoms in total. The third kappa shape index (κ3) is 3.37. The first-order valence-electron chi connectivity index (χ1n) is 5.44. The number of benzene rings is 1. The molecule has 0 unspecified atom stereocenters. The van der Waals surface area contributed by atoms with Crippen molar-refractivity contribution in [3.05, 3.63) is 42.1 Å². The molecule has 0 fully saturated rings. The lowest BCUT2D eigenvalue weighted by molar-refractivity contribution is -0.274. The summed E-state index contributed by atoms with van der Waals surface area (Å²) in [7, 11) is 0. The molecule has 1 aromatic carbocycles. The number of alkyl halides is 3. The fraction of sp³-hybridized carbons (Fsp3) is 0.154. The minimum Gasteiger partial charge on any atom is -0.406 e. The largest absolute Gasteiger partial charge is 0.573 e. The fourth-order valence-corrected chi connectivity index (χ4v) is 1.61. The Bertz CT molecular complexity index is 579. The van der Waals surface area contributed by atoms with Gasteiger partial charge in [-0.3, -0.25) is 4.98 Å². The van der Waals surface area contributed by atoms with Crippen molar-refractivity contribution in [2.24, 2.45) is 0 Å². The normalized spacial score (nSPS) is 11.4. The third-order valence-electron chi connectivity index (χ3n) is 2.43. The van der Waals surface area contributed by atoms with E-state index in [0.717, 1.165) is 5.69 Å². The second-order valence-corrected chi connectivity index (χ2v) is 3.96. The number of nitrogens with two attached hydrogens (primary N) is 1. The second kappa shape index (κ2) is 4.79. The number of nitrogen functional groups attached to an aromatic ring is 1. The van der Waals surface area contributed by atoms with Gasteiger partial charge in [-0.05, 0) is 43.3 Å². The highest BCUT2D eigenvalue weighted by Gasteiger charge is 2.30. The topological polar surface area (TPSA) is 48.1 Å². The summed E-state index contributed by atoms with van der Waals surface area (Å²) < 4.78 is 39.9.